The lowest BCUT2D eigenvalue weighted by Gasteiger charge is -2.24. The maximum atomic E-state index is 12.4. The van der Waals surface area contributed by atoms with Gasteiger partial charge >= 0.3 is 0 Å². The highest BCUT2D eigenvalue weighted by molar-refractivity contribution is 7.17. The predicted octanol–water partition coefficient (Wildman–Crippen LogP) is 1.87. The SMILES string of the molecule is Cc1nc(-c2ncn[nH]2)sc1C(=O)NCC(C)(O)c1ccccc1. The van der Waals surface area contributed by atoms with Crippen molar-refractivity contribution in [2.45, 2.75) is 19.4 Å². The molecule has 0 aliphatic carbocycles. The van der Waals surface area contributed by atoms with Gasteiger partial charge in [0.25, 0.3) is 5.91 Å². The maximum absolute atomic E-state index is 12.4. The molecule has 0 saturated heterocycles. The molecule has 0 fully saturated rings. The Morgan fingerprint density at radius 3 is 2.79 bits per heavy atom. The van der Waals surface area contributed by atoms with Crippen molar-refractivity contribution in [2.24, 2.45) is 0 Å². The summed E-state index contributed by atoms with van der Waals surface area (Å²) >= 11 is 1.23. The van der Waals surface area contributed by atoms with E-state index >= 15 is 0 Å². The van der Waals surface area contributed by atoms with E-state index in [0.29, 0.717) is 21.4 Å². The van der Waals surface area contributed by atoms with Crippen LogP contribution in [-0.2, 0) is 5.60 Å². The van der Waals surface area contributed by atoms with E-state index in [-0.39, 0.29) is 12.5 Å². The van der Waals surface area contributed by atoms with Gasteiger partial charge in [0.1, 0.15) is 16.8 Å². The van der Waals surface area contributed by atoms with Crippen LogP contribution in [0.2, 0.25) is 0 Å². The summed E-state index contributed by atoms with van der Waals surface area (Å²) in [7, 11) is 0. The van der Waals surface area contributed by atoms with E-state index in [9.17, 15) is 9.90 Å². The molecule has 24 heavy (non-hydrogen) atoms. The minimum atomic E-state index is -1.15. The second-order valence-corrected chi connectivity index (χ2v) is 6.59. The van der Waals surface area contributed by atoms with Gasteiger partial charge in [-0.2, -0.15) is 5.10 Å². The van der Waals surface area contributed by atoms with Gasteiger partial charge in [0.2, 0.25) is 0 Å². The molecule has 7 nitrogen and oxygen atoms in total. The number of H-pyrrole nitrogens is 1. The van der Waals surface area contributed by atoms with Crippen LogP contribution in [0.4, 0.5) is 0 Å². The quantitative estimate of drug-likeness (QED) is 0.656. The van der Waals surface area contributed by atoms with Crippen LogP contribution in [-0.4, -0.2) is 37.7 Å². The topological polar surface area (TPSA) is 104 Å². The highest BCUT2D eigenvalue weighted by Crippen LogP contribution is 2.25. The number of amides is 1. The van der Waals surface area contributed by atoms with Crippen molar-refractivity contribution in [1.82, 2.24) is 25.5 Å². The molecule has 2 aromatic heterocycles. The van der Waals surface area contributed by atoms with Gasteiger partial charge in [0.05, 0.1) is 12.2 Å². The van der Waals surface area contributed by atoms with E-state index in [1.165, 1.54) is 17.7 Å². The molecule has 2 heterocycles. The first-order valence-electron chi connectivity index (χ1n) is 7.36. The van der Waals surface area contributed by atoms with Crippen LogP contribution >= 0.6 is 11.3 Å². The first-order valence-corrected chi connectivity index (χ1v) is 8.18. The molecule has 8 heteroatoms. The van der Waals surface area contributed by atoms with Crippen LogP contribution in [0.25, 0.3) is 10.8 Å². The number of aliphatic hydroxyl groups is 1. The van der Waals surface area contributed by atoms with Gasteiger partial charge in [-0.15, -0.1) is 11.3 Å². The van der Waals surface area contributed by atoms with Crippen molar-refractivity contribution in [3.8, 4) is 10.8 Å². The highest BCUT2D eigenvalue weighted by Gasteiger charge is 2.25. The molecule has 3 N–H and O–H groups in total. The van der Waals surface area contributed by atoms with E-state index in [0.717, 1.165) is 5.56 Å². The van der Waals surface area contributed by atoms with Gasteiger partial charge in [0, 0.05) is 0 Å². The number of nitrogens with zero attached hydrogens (tertiary/aromatic N) is 3. The molecule has 0 saturated carbocycles. The van der Waals surface area contributed by atoms with Crippen LogP contribution in [0.3, 0.4) is 0 Å². The average Bonchev–Trinajstić information content (AvgIpc) is 3.23. The average molecular weight is 343 g/mol. The molecule has 124 valence electrons. The zero-order valence-corrected chi connectivity index (χ0v) is 14.1. The third kappa shape index (κ3) is 3.34. The number of hydrogen-bond donors (Lipinski definition) is 3. The molecule has 0 aliphatic rings. The summed E-state index contributed by atoms with van der Waals surface area (Å²) in [6, 6.07) is 9.23. The number of hydrogen-bond acceptors (Lipinski definition) is 6. The van der Waals surface area contributed by atoms with Gasteiger partial charge in [-0.25, -0.2) is 9.97 Å². The molecular weight excluding hydrogens is 326 g/mol. The van der Waals surface area contributed by atoms with Crippen molar-refractivity contribution < 1.29 is 9.90 Å². The lowest BCUT2D eigenvalue weighted by molar-refractivity contribution is 0.0527. The van der Waals surface area contributed by atoms with E-state index in [1.54, 1.807) is 13.8 Å². The van der Waals surface area contributed by atoms with Crippen LogP contribution < -0.4 is 5.32 Å². The van der Waals surface area contributed by atoms with Gasteiger partial charge < -0.3 is 10.4 Å². The molecule has 3 aromatic rings. The number of rotatable bonds is 5. The summed E-state index contributed by atoms with van der Waals surface area (Å²) in [5, 5.41) is 20.4. The Kier molecular flexibility index (Phi) is 4.41. The number of aromatic amines is 1. The minimum Gasteiger partial charge on any atom is -0.384 e. The highest BCUT2D eigenvalue weighted by atomic mass is 32.1. The van der Waals surface area contributed by atoms with Gasteiger partial charge in [-0.1, -0.05) is 30.3 Å². The van der Waals surface area contributed by atoms with Crippen molar-refractivity contribution in [3.63, 3.8) is 0 Å². The summed E-state index contributed by atoms with van der Waals surface area (Å²) in [4.78, 5) is 21.3. The zero-order valence-electron chi connectivity index (χ0n) is 13.3. The van der Waals surface area contributed by atoms with E-state index < -0.39 is 5.60 Å². The molecule has 0 bridgehead atoms. The Morgan fingerprint density at radius 2 is 2.12 bits per heavy atom. The third-order valence-corrected chi connectivity index (χ3v) is 4.77. The van der Waals surface area contributed by atoms with Crippen molar-refractivity contribution in [2.75, 3.05) is 6.54 Å². The van der Waals surface area contributed by atoms with E-state index in [1.807, 2.05) is 30.3 Å². The van der Waals surface area contributed by atoms with E-state index in [4.69, 9.17) is 0 Å². The minimum absolute atomic E-state index is 0.102. The Hall–Kier alpha value is -2.58. The molecule has 0 aliphatic heterocycles. The number of carbonyl (C=O) groups is 1. The largest absolute Gasteiger partial charge is 0.384 e. The number of nitrogens with one attached hydrogen (secondary N) is 2. The number of thiazole rings is 1. The van der Waals surface area contributed by atoms with Crippen molar-refractivity contribution in [3.05, 3.63) is 52.8 Å². The van der Waals surface area contributed by atoms with Gasteiger partial charge in [-0.3, -0.25) is 9.89 Å². The Morgan fingerprint density at radius 1 is 1.38 bits per heavy atom. The fraction of sp³-hybridized carbons (Fsp3) is 0.250. The Balaban J connectivity index is 1.72. The predicted molar refractivity (Wildman–Crippen MR) is 90.6 cm³/mol. The second kappa shape index (κ2) is 6.50. The summed E-state index contributed by atoms with van der Waals surface area (Å²) in [6.07, 6.45) is 1.39. The number of aromatic nitrogens is 4. The third-order valence-electron chi connectivity index (χ3n) is 3.61. The van der Waals surface area contributed by atoms with Gasteiger partial charge in [-0.05, 0) is 19.4 Å². The smallest absolute Gasteiger partial charge is 0.263 e. The molecule has 0 radical (unpaired) electrons. The zero-order chi connectivity index (χ0) is 17.2. The van der Waals surface area contributed by atoms with Crippen molar-refractivity contribution in [1.29, 1.82) is 0 Å². The van der Waals surface area contributed by atoms with Gasteiger partial charge in [0.15, 0.2) is 10.8 Å². The lowest BCUT2D eigenvalue weighted by Crippen LogP contribution is -2.38. The van der Waals surface area contributed by atoms with Crippen LogP contribution in [0.1, 0.15) is 27.9 Å². The first-order chi connectivity index (χ1) is 11.5. The fourth-order valence-corrected chi connectivity index (χ4v) is 3.18. The van der Waals surface area contributed by atoms with Crippen molar-refractivity contribution >= 4 is 17.2 Å². The summed E-state index contributed by atoms with van der Waals surface area (Å²) in [5.41, 5.74) is 0.209. The Bertz CT molecular complexity index is 828. The molecule has 1 atom stereocenters. The second-order valence-electron chi connectivity index (χ2n) is 5.59. The van der Waals surface area contributed by atoms with Crippen LogP contribution in [0.5, 0.6) is 0 Å². The lowest BCUT2D eigenvalue weighted by atomic mass is 9.96. The van der Waals surface area contributed by atoms with E-state index in [2.05, 4.69) is 25.5 Å². The standard InChI is InChI=1S/C16H17N5O2S/c1-10-12(24-15(20-10)13-18-9-19-21-13)14(22)17-8-16(2,23)11-6-4-3-5-7-11/h3-7,9,23H,8H2,1-2H3,(H,17,22)(H,18,19,21). The molecule has 0 spiro atoms. The summed E-state index contributed by atoms with van der Waals surface area (Å²) in [5.74, 6) is 0.255. The normalized spacial score (nSPS) is 13.5. The molecule has 1 amide bonds. The summed E-state index contributed by atoms with van der Waals surface area (Å²) in [6.45, 7) is 3.54. The van der Waals surface area contributed by atoms with Crippen LogP contribution in [0.15, 0.2) is 36.7 Å². The number of carbonyl (C=O) groups excluding carboxylic acids is 1. The molecule has 3 rings (SSSR count). The molecule has 1 unspecified atom stereocenters. The number of aryl methyl sites for hydroxylation is 1. The molecular formula is C16H17N5O2S. The monoisotopic (exact) mass is 343 g/mol. The Labute approximate surface area is 142 Å². The summed E-state index contributed by atoms with van der Waals surface area (Å²) < 4.78 is 0. The first kappa shape index (κ1) is 16.3. The van der Waals surface area contributed by atoms with Crippen LogP contribution in [0, 0.1) is 6.92 Å². The molecule has 1 aromatic carbocycles. The fourth-order valence-electron chi connectivity index (χ4n) is 2.25. The maximum Gasteiger partial charge on any atom is 0.263 e. The number of benzene rings is 1.